The number of carbonyl (C=O) groups is 2. The van der Waals surface area contributed by atoms with Crippen LogP contribution < -0.4 is 20.3 Å². The number of aromatic nitrogens is 2. The monoisotopic (exact) mass is 441 g/mol. The molecule has 0 atom stereocenters. The van der Waals surface area contributed by atoms with E-state index < -0.39 is 23.3 Å². The molecule has 0 saturated heterocycles. The van der Waals surface area contributed by atoms with Crippen molar-refractivity contribution in [2.24, 2.45) is 0 Å². The van der Waals surface area contributed by atoms with Crippen LogP contribution in [0.5, 0.6) is 11.5 Å². The molecule has 0 saturated carbocycles. The molecular weight excluding hydrogens is 421 g/mol. The molecule has 1 aromatic heterocycles. The summed E-state index contributed by atoms with van der Waals surface area (Å²) in [7, 11) is 2.78. The van der Waals surface area contributed by atoms with E-state index in [0.29, 0.717) is 0 Å². The maximum atomic E-state index is 13.3. The molecule has 0 spiro atoms. The van der Waals surface area contributed by atoms with Crippen molar-refractivity contribution >= 4 is 17.6 Å². The van der Waals surface area contributed by atoms with Crippen LogP contribution in [0, 0.1) is 5.82 Å². The molecule has 0 aliphatic heterocycles. The fraction of sp³-hybridized carbons (Fsp3) is 0.182. The second-order valence-corrected chi connectivity index (χ2v) is 6.35. The Morgan fingerprint density at radius 2 is 1.69 bits per heavy atom. The zero-order valence-electron chi connectivity index (χ0n) is 17.5. The molecule has 1 amide bonds. The van der Waals surface area contributed by atoms with Crippen LogP contribution in [-0.2, 0) is 4.74 Å². The smallest absolute Gasteiger partial charge is 0.360 e. The van der Waals surface area contributed by atoms with Crippen molar-refractivity contribution < 1.29 is 28.2 Å². The van der Waals surface area contributed by atoms with E-state index in [4.69, 9.17) is 14.2 Å². The van der Waals surface area contributed by atoms with Gasteiger partial charge in [0.1, 0.15) is 22.9 Å². The quantitative estimate of drug-likeness (QED) is 0.562. The number of hydrogen-bond acceptors (Lipinski definition) is 7. The first-order chi connectivity index (χ1) is 15.4. The molecule has 32 heavy (non-hydrogen) atoms. The Hall–Kier alpha value is -4.21. The standard InChI is InChI=1S/C22H20FN3O6/c1-4-32-22(29)20-15(12-18(27)26(25-20)14-10-8-13(23)9-11-14)24-21(28)19-16(30-2)6-5-7-17(19)31-3/h5-12H,4H2,1-3H3,(H,24,28). The molecule has 0 aliphatic rings. The fourth-order valence-electron chi connectivity index (χ4n) is 2.93. The number of methoxy groups -OCH3 is 2. The van der Waals surface area contributed by atoms with E-state index in [-0.39, 0.29) is 40.7 Å². The Balaban J connectivity index is 2.09. The minimum atomic E-state index is -0.856. The molecule has 0 aliphatic carbocycles. The Morgan fingerprint density at radius 3 is 2.25 bits per heavy atom. The first-order valence-corrected chi connectivity index (χ1v) is 9.49. The predicted molar refractivity (Wildman–Crippen MR) is 113 cm³/mol. The van der Waals surface area contributed by atoms with Crippen molar-refractivity contribution in [3.05, 3.63) is 76.0 Å². The lowest BCUT2D eigenvalue weighted by Gasteiger charge is -2.15. The second-order valence-electron chi connectivity index (χ2n) is 6.35. The molecule has 0 radical (unpaired) electrons. The largest absolute Gasteiger partial charge is 0.496 e. The van der Waals surface area contributed by atoms with Crippen molar-refractivity contribution in [1.29, 1.82) is 0 Å². The van der Waals surface area contributed by atoms with Gasteiger partial charge in [-0.05, 0) is 43.3 Å². The number of ether oxygens (including phenoxy) is 3. The van der Waals surface area contributed by atoms with Crippen LogP contribution in [0.4, 0.5) is 10.1 Å². The maximum absolute atomic E-state index is 13.3. The van der Waals surface area contributed by atoms with Crippen LogP contribution >= 0.6 is 0 Å². The first kappa shape index (κ1) is 22.5. The van der Waals surface area contributed by atoms with Gasteiger partial charge < -0.3 is 19.5 Å². The lowest BCUT2D eigenvalue weighted by molar-refractivity contribution is 0.0518. The normalized spacial score (nSPS) is 10.4. The van der Waals surface area contributed by atoms with Crippen molar-refractivity contribution in [2.75, 3.05) is 26.1 Å². The molecule has 3 aromatic rings. The average Bonchev–Trinajstić information content (AvgIpc) is 2.79. The molecule has 0 unspecified atom stereocenters. The molecule has 1 heterocycles. The minimum Gasteiger partial charge on any atom is -0.496 e. The van der Waals surface area contributed by atoms with Gasteiger partial charge in [0.25, 0.3) is 11.5 Å². The number of carbonyl (C=O) groups excluding carboxylic acids is 2. The number of hydrogen-bond donors (Lipinski definition) is 1. The zero-order valence-corrected chi connectivity index (χ0v) is 17.5. The third kappa shape index (κ3) is 4.59. The van der Waals surface area contributed by atoms with Gasteiger partial charge in [0.2, 0.25) is 0 Å². The zero-order chi connectivity index (χ0) is 23.3. The highest BCUT2D eigenvalue weighted by atomic mass is 19.1. The minimum absolute atomic E-state index is 0.0455. The van der Waals surface area contributed by atoms with E-state index in [9.17, 15) is 18.8 Å². The van der Waals surface area contributed by atoms with Crippen LogP contribution in [-0.4, -0.2) is 42.5 Å². The number of amides is 1. The molecular formula is C22H20FN3O6. The lowest BCUT2D eigenvalue weighted by Crippen LogP contribution is -2.27. The van der Waals surface area contributed by atoms with Crippen molar-refractivity contribution in [3.8, 4) is 17.2 Å². The highest BCUT2D eigenvalue weighted by molar-refractivity contribution is 6.10. The number of halogens is 1. The molecule has 10 heteroatoms. The van der Waals surface area contributed by atoms with Crippen molar-refractivity contribution in [2.45, 2.75) is 6.92 Å². The van der Waals surface area contributed by atoms with E-state index in [0.717, 1.165) is 22.9 Å². The molecule has 9 nitrogen and oxygen atoms in total. The van der Waals surface area contributed by atoms with Gasteiger partial charge in [0.15, 0.2) is 5.69 Å². The SMILES string of the molecule is CCOC(=O)c1nn(-c2ccc(F)cc2)c(=O)cc1NC(=O)c1c(OC)cccc1OC. The summed E-state index contributed by atoms with van der Waals surface area (Å²) in [5, 5.41) is 6.56. The maximum Gasteiger partial charge on any atom is 0.360 e. The summed E-state index contributed by atoms with van der Waals surface area (Å²) < 4.78 is 29.6. The third-order valence-corrected chi connectivity index (χ3v) is 4.37. The van der Waals surface area contributed by atoms with Crippen LogP contribution in [0.15, 0.2) is 53.3 Å². The van der Waals surface area contributed by atoms with Crippen LogP contribution in [0.1, 0.15) is 27.8 Å². The summed E-state index contributed by atoms with van der Waals surface area (Å²) in [6, 6.07) is 10.8. The summed E-state index contributed by atoms with van der Waals surface area (Å²) in [4.78, 5) is 38.2. The summed E-state index contributed by atoms with van der Waals surface area (Å²) in [6.45, 7) is 1.65. The van der Waals surface area contributed by atoms with Crippen molar-refractivity contribution in [3.63, 3.8) is 0 Å². The van der Waals surface area contributed by atoms with Crippen LogP contribution in [0.3, 0.4) is 0 Å². The first-order valence-electron chi connectivity index (χ1n) is 9.49. The highest BCUT2D eigenvalue weighted by Crippen LogP contribution is 2.29. The number of anilines is 1. The van der Waals surface area contributed by atoms with Gasteiger partial charge in [-0.25, -0.2) is 9.18 Å². The predicted octanol–water partition coefficient (Wildman–Crippen LogP) is 2.82. The number of esters is 1. The highest BCUT2D eigenvalue weighted by Gasteiger charge is 2.24. The van der Waals surface area contributed by atoms with Gasteiger partial charge in [0.05, 0.1) is 32.2 Å². The summed E-state index contributed by atoms with van der Waals surface area (Å²) in [6.07, 6.45) is 0. The molecule has 1 N–H and O–H groups in total. The average molecular weight is 441 g/mol. The van der Waals surface area contributed by atoms with Gasteiger partial charge in [0, 0.05) is 6.07 Å². The topological polar surface area (TPSA) is 109 Å². The van der Waals surface area contributed by atoms with E-state index in [1.54, 1.807) is 25.1 Å². The molecule has 0 bridgehead atoms. The fourth-order valence-corrected chi connectivity index (χ4v) is 2.93. The number of nitrogens with zero attached hydrogens (tertiary/aromatic N) is 2. The molecule has 2 aromatic carbocycles. The number of benzene rings is 2. The van der Waals surface area contributed by atoms with E-state index in [1.807, 2.05) is 0 Å². The van der Waals surface area contributed by atoms with Gasteiger partial charge in [-0.2, -0.15) is 9.78 Å². The second kappa shape index (κ2) is 9.73. The third-order valence-electron chi connectivity index (χ3n) is 4.37. The Morgan fingerprint density at radius 1 is 1.06 bits per heavy atom. The van der Waals surface area contributed by atoms with Crippen molar-refractivity contribution in [1.82, 2.24) is 9.78 Å². The van der Waals surface area contributed by atoms with Crippen LogP contribution in [0.2, 0.25) is 0 Å². The molecule has 3 rings (SSSR count). The molecule has 0 fully saturated rings. The Kier molecular flexibility index (Phi) is 6.83. The Labute approximate surface area is 182 Å². The van der Waals surface area contributed by atoms with Gasteiger partial charge in [-0.1, -0.05) is 6.07 Å². The van der Waals surface area contributed by atoms with Gasteiger partial charge in [-0.15, -0.1) is 0 Å². The van der Waals surface area contributed by atoms with E-state index in [1.165, 1.54) is 26.4 Å². The van der Waals surface area contributed by atoms with E-state index in [2.05, 4.69) is 10.4 Å². The molecule has 166 valence electrons. The Bertz CT molecular complexity index is 1190. The summed E-state index contributed by atoms with van der Waals surface area (Å²) in [5.41, 5.74) is -0.837. The number of nitrogens with one attached hydrogen (secondary N) is 1. The summed E-state index contributed by atoms with van der Waals surface area (Å²) in [5.74, 6) is -1.59. The van der Waals surface area contributed by atoms with Crippen LogP contribution in [0.25, 0.3) is 5.69 Å². The van der Waals surface area contributed by atoms with Gasteiger partial charge in [-0.3, -0.25) is 9.59 Å². The van der Waals surface area contributed by atoms with Gasteiger partial charge >= 0.3 is 5.97 Å². The number of rotatable bonds is 7. The lowest BCUT2D eigenvalue weighted by atomic mass is 10.1. The summed E-state index contributed by atoms with van der Waals surface area (Å²) >= 11 is 0. The van der Waals surface area contributed by atoms with E-state index >= 15 is 0 Å².